The van der Waals surface area contributed by atoms with Crippen molar-refractivity contribution in [2.75, 3.05) is 13.1 Å². The van der Waals surface area contributed by atoms with E-state index in [4.69, 9.17) is 0 Å². The van der Waals surface area contributed by atoms with Crippen molar-refractivity contribution in [3.8, 4) is 5.75 Å². The van der Waals surface area contributed by atoms with Gasteiger partial charge in [-0.25, -0.2) is 0 Å². The summed E-state index contributed by atoms with van der Waals surface area (Å²) in [6.45, 7) is 9.66. The van der Waals surface area contributed by atoms with E-state index in [0.29, 0.717) is 5.75 Å². The quantitative estimate of drug-likeness (QED) is 0.789. The Hall–Kier alpha value is -1.54. The van der Waals surface area contributed by atoms with Gasteiger partial charge < -0.3 is 5.11 Å². The Morgan fingerprint density at radius 3 is 2.38 bits per heavy atom. The third kappa shape index (κ3) is 3.76. The number of fused-ring (bicyclic) bond motifs is 1. The van der Waals surface area contributed by atoms with E-state index in [1.54, 1.807) is 0 Å². The van der Waals surface area contributed by atoms with Crippen LogP contribution in [0.5, 0.6) is 5.75 Å². The van der Waals surface area contributed by atoms with Gasteiger partial charge in [0, 0.05) is 18.7 Å². The van der Waals surface area contributed by atoms with Gasteiger partial charge in [-0.2, -0.15) is 0 Å². The smallest absolute Gasteiger partial charge is 0.120 e. The van der Waals surface area contributed by atoms with Gasteiger partial charge in [0.2, 0.25) is 0 Å². The van der Waals surface area contributed by atoms with Crippen LogP contribution < -0.4 is 0 Å². The zero-order valence-corrected chi connectivity index (χ0v) is 13.5. The Labute approximate surface area is 128 Å². The molecule has 0 unspecified atom stereocenters. The number of rotatable bonds is 7. The lowest BCUT2D eigenvalue weighted by atomic mass is 10.0. The van der Waals surface area contributed by atoms with Crippen LogP contribution in [0.2, 0.25) is 0 Å². The molecule has 0 aliphatic heterocycles. The zero-order chi connectivity index (χ0) is 15.2. The molecule has 0 aliphatic carbocycles. The van der Waals surface area contributed by atoms with Crippen molar-refractivity contribution in [3.05, 3.63) is 42.0 Å². The Morgan fingerprint density at radius 1 is 1.00 bits per heavy atom. The summed E-state index contributed by atoms with van der Waals surface area (Å²) in [4.78, 5) is 2.44. The van der Waals surface area contributed by atoms with E-state index in [0.717, 1.165) is 31.1 Å². The maximum atomic E-state index is 10.3. The van der Waals surface area contributed by atoms with Gasteiger partial charge in [-0.05, 0) is 29.3 Å². The molecule has 0 bridgehead atoms. The first kappa shape index (κ1) is 15.8. The summed E-state index contributed by atoms with van der Waals surface area (Å²) in [5, 5.41) is 12.6. The molecule has 0 fully saturated rings. The van der Waals surface area contributed by atoms with E-state index in [1.165, 1.54) is 23.6 Å². The lowest BCUT2D eigenvalue weighted by Gasteiger charge is -2.26. The topological polar surface area (TPSA) is 23.5 Å². The molecule has 2 heteroatoms. The van der Waals surface area contributed by atoms with Crippen LogP contribution in [0.25, 0.3) is 10.8 Å². The third-order valence-corrected chi connectivity index (χ3v) is 4.52. The molecule has 1 N–H and O–H groups in total. The van der Waals surface area contributed by atoms with Gasteiger partial charge in [0.1, 0.15) is 5.75 Å². The van der Waals surface area contributed by atoms with Crippen molar-refractivity contribution >= 4 is 10.8 Å². The number of hydrogen-bond acceptors (Lipinski definition) is 2. The minimum Gasteiger partial charge on any atom is -0.508 e. The monoisotopic (exact) mass is 285 g/mol. The molecule has 0 heterocycles. The molecule has 0 spiro atoms. The predicted octanol–water partition coefficient (Wildman–Crippen LogP) is 4.80. The van der Waals surface area contributed by atoms with E-state index in [-0.39, 0.29) is 0 Å². The van der Waals surface area contributed by atoms with Crippen LogP contribution in [0, 0.1) is 5.92 Å². The second-order valence-corrected chi connectivity index (χ2v) is 5.79. The number of benzene rings is 2. The summed E-state index contributed by atoms with van der Waals surface area (Å²) >= 11 is 0. The van der Waals surface area contributed by atoms with Crippen LogP contribution in [0.15, 0.2) is 36.4 Å². The fourth-order valence-electron chi connectivity index (χ4n) is 2.93. The fourth-order valence-corrected chi connectivity index (χ4v) is 2.93. The Morgan fingerprint density at radius 2 is 1.71 bits per heavy atom. The van der Waals surface area contributed by atoms with Crippen molar-refractivity contribution in [3.63, 3.8) is 0 Å². The molecular formula is C19H27NO. The highest BCUT2D eigenvalue weighted by atomic mass is 16.3. The number of hydrogen-bond donors (Lipinski definition) is 1. The number of aromatic hydroxyl groups is 1. The van der Waals surface area contributed by atoms with Crippen LogP contribution in [0.1, 0.15) is 39.2 Å². The van der Waals surface area contributed by atoms with Crippen molar-refractivity contribution < 1.29 is 5.11 Å². The molecule has 2 rings (SSSR count). The Balaban J connectivity index is 2.26. The second kappa shape index (κ2) is 7.46. The van der Waals surface area contributed by atoms with Crippen LogP contribution in [0.3, 0.4) is 0 Å². The molecule has 0 aromatic heterocycles. The first-order valence-electron chi connectivity index (χ1n) is 8.11. The maximum Gasteiger partial charge on any atom is 0.120 e. The molecule has 0 aliphatic rings. The predicted molar refractivity (Wildman–Crippen MR) is 90.6 cm³/mol. The summed E-state index contributed by atoms with van der Waals surface area (Å²) in [5.41, 5.74) is 1.06. The summed E-state index contributed by atoms with van der Waals surface area (Å²) < 4.78 is 0. The van der Waals surface area contributed by atoms with Crippen LogP contribution in [-0.2, 0) is 6.54 Å². The van der Waals surface area contributed by atoms with Gasteiger partial charge in [0.25, 0.3) is 0 Å². The van der Waals surface area contributed by atoms with Gasteiger partial charge >= 0.3 is 0 Å². The molecule has 21 heavy (non-hydrogen) atoms. The number of phenolic OH excluding ortho intramolecular Hbond substituents is 1. The number of nitrogens with zero attached hydrogens (tertiary/aromatic N) is 1. The third-order valence-electron chi connectivity index (χ3n) is 4.52. The van der Waals surface area contributed by atoms with Gasteiger partial charge in [-0.15, -0.1) is 0 Å². The molecule has 0 amide bonds. The molecule has 0 atom stereocenters. The average Bonchev–Trinajstić information content (AvgIpc) is 2.53. The summed E-state index contributed by atoms with van der Waals surface area (Å²) in [6.07, 6.45) is 2.43. The Bertz CT molecular complexity index is 575. The van der Waals surface area contributed by atoms with Crippen LogP contribution in [-0.4, -0.2) is 23.1 Å². The lowest BCUT2D eigenvalue weighted by molar-refractivity contribution is 0.225. The largest absolute Gasteiger partial charge is 0.508 e. The van der Waals surface area contributed by atoms with Gasteiger partial charge in [-0.1, -0.05) is 63.9 Å². The van der Waals surface area contributed by atoms with E-state index in [1.807, 2.05) is 24.3 Å². The SMILES string of the molecule is CCC(CC)CN(CC)Cc1c(O)ccc2ccccc12. The highest BCUT2D eigenvalue weighted by Crippen LogP contribution is 2.28. The second-order valence-electron chi connectivity index (χ2n) is 5.79. The van der Waals surface area contributed by atoms with Crippen molar-refractivity contribution in [1.29, 1.82) is 0 Å². The van der Waals surface area contributed by atoms with Gasteiger partial charge in [0.05, 0.1) is 0 Å². The van der Waals surface area contributed by atoms with E-state index in [9.17, 15) is 5.11 Å². The molecule has 2 aromatic carbocycles. The van der Waals surface area contributed by atoms with Crippen molar-refractivity contribution in [2.24, 2.45) is 5.92 Å². The average molecular weight is 285 g/mol. The summed E-state index contributed by atoms with van der Waals surface area (Å²) in [5.74, 6) is 1.15. The molecule has 0 saturated heterocycles. The fraction of sp³-hybridized carbons (Fsp3) is 0.474. The summed E-state index contributed by atoms with van der Waals surface area (Å²) in [6, 6.07) is 12.1. The summed E-state index contributed by atoms with van der Waals surface area (Å²) in [7, 11) is 0. The molecule has 2 nitrogen and oxygen atoms in total. The normalized spacial score (nSPS) is 11.7. The van der Waals surface area contributed by atoms with E-state index >= 15 is 0 Å². The highest BCUT2D eigenvalue weighted by molar-refractivity contribution is 5.87. The first-order valence-corrected chi connectivity index (χ1v) is 8.11. The minimum absolute atomic E-state index is 0.414. The minimum atomic E-state index is 0.414. The van der Waals surface area contributed by atoms with Crippen LogP contribution in [0.4, 0.5) is 0 Å². The molecule has 2 aromatic rings. The molecule has 114 valence electrons. The number of phenols is 1. The lowest BCUT2D eigenvalue weighted by Crippen LogP contribution is -2.28. The van der Waals surface area contributed by atoms with E-state index in [2.05, 4.69) is 37.8 Å². The van der Waals surface area contributed by atoms with Crippen molar-refractivity contribution in [2.45, 2.75) is 40.2 Å². The van der Waals surface area contributed by atoms with Crippen molar-refractivity contribution in [1.82, 2.24) is 4.90 Å². The van der Waals surface area contributed by atoms with E-state index < -0.39 is 0 Å². The maximum absolute atomic E-state index is 10.3. The molecule has 0 saturated carbocycles. The first-order chi connectivity index (χ1) is 10.2. The highest BCUT2D eigenvalue weighted by Gasteiger charge is 2.14. The van der Waals surface area contributed by atoms with Crippen LogP contribution >= 0.6 is 0 Å². The Kier molecular flexibility index (Phi) is 5.63. The standard InChI is InChI=1S/C19H27NO/c1-4-15(5-2)13-20(6-3)14-18-17-10-8-7-9-16(17)11-12-19(18)21/h7-12,15,21H,4-6,13-14H2,1-3H3. The van der Waals surface area contributed by atoms with Gasteiger partial charge in [-0.3, -0.25) is 4.90 Å². The van der Waals surface area contributed by atoms with Gasteiger partial charge in [0.15, 0.2) is 0 Å². The molecular weight excluding hydrogens is 258 g/mol. The molecule has 0 radical (unpaired) electrons. The zero-order valence-electron chi connectivity index (χ0n) is 13.5.